The number of aromatic nitrogens is 3. The van der Waals surface area contributed by atoms with Crippen LogP contribution >= 0.6 is 0 Å². The van der Waals surface area contributed by atoms with E-state index in [1.807, 2.05) is 19.1 Å². The molecule has 0 aliphatic carbocycles. The molecule has 0 atom stereocenters. The molecule has 0 bridgehead atoms. The third kappa shape index (κ3) is 2.56. The highest BCUT2D eigenvalue weighted by atomic mass is 16.2. The van der Waals surface area contributed by atoms with E-state index in [0.29, 0.717) is 19.5 Å². The molecule has 0 aliphatic heterocycles. The highest BCUT2D eigenvalue weighted by Gasteiger charge is 2.04. The standard InChI is InChI=1S/C13H15N3O2/c1-2-15-9-6-12(17)16(13(15)18)10-5-11-3-7-14-8-4-11/h3-4,6-9H,2,5,10H2,1H3. The molecule has 2 aromatic heterocycles. The van der Waals surface area contributed by atoms with Gasteiger partial charge in [0.15, 0.2) is 0 Å². The zero-order valence-corrected chi connectivity index (χ0v) is 10.2. The normalized spacial score (nSPS) is 10.5. The fourth-order valence-electron chi connectivity index (χ4n) is 1.79. The number of nitrogens with zero attached hydrogens (tertiary/aromatic N) is 3. The molecule has 0 unspecified atom stereocenters. The fourth-order valence-corrected chi connectivity index (χ4v) is 1.79. The van der Waals surface area contributed by atoms with Gasteiger partial charge in [0.2, 0.25) is 0 Å². The Labute approximate surface area is 104 Å². The lowest BCUT2D eigenvalue weighted by Gasteiger charge is -2.07. The van der Waals surface area contributed by atoms with Gasteiger partial charge in [-0.3, -0.25) is 14.3 Å². The first-order valence-electron chi connectivity index (χ1n) is 5.91. The molecule has 0 saturated heterocycles. The van der Waals surface area contributed by atoms with Gasteiger partial charge in [-0.1, -0.05) is 0 Å². The van der Waals surface area contributed by atoms with Crippen molar-refractivity contribution in [1.82, 2.24) is 14.1 Å². The third-order valence-electron chi connectivity index (χ3n) is 2.85. The molecule has 2 aromatic rings. The number of pyridine rings is 1. The molecule has 0 radical (unpaired) electrons. The van der Waals surface area contributed by atoms with Crippen LogP contribution in [-0.4, -0.2) is 14.1 Å². The Bertz CT molecular complexity index is 629. The summed E-state index contributed by atoms with van der Waals surface area (Å²) in [7, 11) is 0. The van der Waals surface area contributed by atoms with E-state index in [-0.39, 0.29) is 11.2 Å². The van der Waals surface area contributed by atoms with E-state index in [4.69, 9.17) is 0 Å². The number of hydrogen-bond acceptors (Lipinski definition) is 3. The third-order valence-corrected chi connectivity index (χ3v) is 2.85. The lowest BCUT2D eigenvalue weighted by molar-refractivity contribution is 0.565. The number of hydrogen-bond donors (Lipinski definition) is 0. The van der Waals surface area contributed by atoms with E-state index >= 15 is 0 Å². The Morgan fingerprint density at radius 3 is 2.56 bits per heavy atom. The predicted molar refractivity (Wildman–Crippen MR) is 68.6 cm³/mol. The van der Waals surface area contributed by atoms with Crippen molar-refractivity contribution in [3.05, 3.63) is 63.2 Å². The van der Waals surface area contributed by atoms with Crippen molar-refractivity contribution in [1.29, 1.82) is 0 Å². The molecule has 0 spiro atoms. The van der Waals surface area contributed by atoms with Crippen LogP contribution < -0.4 is 11.2 Å². The minimum Gasteiger partial charge on any atom is -0.301 e. The zero-order valence-electron chi connectivity index (χ0n) is 10.2. The van der Waals surface area contributed by atoms with Gasteiger partial charge >= 0.3 is 5.69 Å². The predicted octanol–water partition coefficient (Wildman–Crippen LogP) is 0.668. The van der Waals surface area contributed by atoms with Gasteiger partial charge in [0, 0.05) is 37.7 Å². The summed E-state index contributed by atoms with van der Waals surface area (Å²) in [6, 6.07) is 5.19. The van der Waals surface area contributed by atoms with Crippen molar-refractivity contribution in [2.75, 3.05) is 0 Å². The van der Waals surface area contributed by atoms with Crippen LogP contribution in [0.4, 0.5) is 0 Å². The summed E-state index contributed by atoms with van der Waals surface area (Å²) < 4.78 is 2.79. The molecule has 0 saturated carbocycles. The summed E-state index contributed by atoms with van der Waals surface area (Å²) in [5, 5.41) is 0. The van der Waals surface area contributed by atoms with Crippen LogP contribution in [0.2, 0.25) is 0 Å². The van der Waals surface area contributed by atoms with Gasteiger partial charge in [-0.25, -0.2) is 4.79 Å². The zero-order chi connectivity index (χ0) is 13.0. The Morgan fingerprint density at radius 2 is 1.89 bits per heavy atom. The Hall–Kier alpha value is -2.17. The van der Waals surface area contributed by atoms with Crippen LogP contribution in [0.5, 0.6) is 0 Å². The quantitative estimate of drug-likeness (QED) is 0.795. The van der Waals surface area contributed by atoms with Gasteiger partial charge < -0.3 is 4.57 Å². The van der Waals surface area contributed by atoms with Gasteiger partial charge in [0.25, 0.3) is 5.56 Å². The highest BCUT2D eigenvalue weighted by Crippen LogP contribution is 1.97. The molecular formula is C13H15N3O2. The maximum Gasteiger partial charge on any atom is 0.330 e. The maximum atomic E-state index is 12.0. The van der Waals surface area contributed by atoms with Crippen LogP contribution in [0.3, 0.4) is 0 Å². The summed E-state index contributed by atoms with van der Waals surface area (Å²) in [6.07, 6.45) is 5.58. The van der Waals surface area contributed by atoms with Crippen LogP contribution in [-0.2, 0) is 19.5 Å². The molecule has 0 fully saturated rings. The molecule has 0 aliphatic rings. The molecule has 94 valence electrons. The Balaban J connectivity index is 2.25. The van der Waals surface area contributed by atoms with E-state index < -0.39 is 0 Å². The van der Waals surface area contributed by atoms with E-state index in [0.717, 1.165) is 5.56 Å². The van der Waals surface area contributed by atoms with Gasteiger partial charge in [-0.15, -0.1) is 0 Å². The molecule has 2 rings (SSSR count). The summed E-state index contributed by atoms with van der Waals surface area (Å²) in [5.74, 6) is 0. The first-order valence-corrected chi connectivity index (χ1v) is 5.91. The monoisotopic (exact) mass is 245 g/mol. The second-order valence-electron chi connectivity index (χ2n) is 3.98. The Morgan fingerprint density at radius 1 is 1.17 bits per heavy atom. The SMILES string of the molecule is CCn1ccc(=O)n(CCc2ccncc2)c1=O. The molecule has 0 amide bonds. The van der Waals surface area contributed by atoms with Crippen molar-refractivity contribution in [3.8, 4) is 0 Å². The van der Waals surface area contributed by atoms with E-state index in [1.54, 1.807) is 12.4 Å². The molecular weight excluding hydrogens is 230 g/mol. The minimum atomic E-state index is -0.251. The van der Waals surface area contributed by atoms with E-state index in [9.17, 15) is 9.59 Å². The van der Waals surface area contributed by atoms with Gasteiger partial charge in [0.1, 0.15) is 0 Å². The van der Waals surface area contributed by atoms with Crippen molar-refractivity contribution in [2.45, 2.75) is 26.4 Å². The van der Waals surface area contributed by atoms with E-state index in [1.165, 1.54) is 21.4 Å². The topological polar surface area (TPSA) is 56.9 Å². The van der Waals surface area contributed by atoms with Crippen LogP contribution in [0.1, 0.15) is 12.5 Å². The van der Waals surface area contributed by atoms with E-state index in [2.05, 4.69) is 4.98 Å². The van der Waals surface area contributed by atoms with Crippen molar-refractivity contribution < 1.29 is 0 Å². The number of rotatable bonds is 4. The smallest absolute Gasteiger partial charge is 0.301 e. The van der Waals surface area contributed by atoms with Crippen molar-refractivity contribution >= 4 is 0 Å². The van der Waals surface area contributed by atoms with Crippen LogP contribution in [0.15, 0.2) is 46.4 Å². The summed E-state index contributed by atoms with van der Waals surface area (Å²) in [6.45, 7) is 2.83. The first kappa shape index (κ1) is 12.3. The van der Waals surface area contributed by atoms with Gasteiger partial charge in [-0.05, 0) is 31.0 Å². The van der Waals surface area contributed by atoms with Crippen molar-refractivity contribution in [3.63, 3.8) is 0 Å². The van der Waals surface area contributed by atoms with Crippen molar-refractivity contribution in [2.24, 2.45) is 0 Å². The lowest BCUT2D eigenvalue weighted by atomic mass is 10.2. The average molecular weight is 245 g/mol. The molecule has 0 aromatic carbocycles. The molecule has 0 N–H and O–H groups in total. The highest BCUT2D eigenvalue weighted by molar-refractivity contribution is 5.09. The van der Waals surface area contributed by atoms with Crippen LogP contribution in [0.25, 0.3) is 0 Å². The van der Waals surface area contributed by atoms with Gasteiger partial charge in [0.05, 0.1) is 0 Å². The summed E-state index contributed by atoms with van der Waals surface area (Å²) >= 11 is 0. The molecule has 5 heteroatoms. The number of aryl methyl sites for hydroxylation is 2. The summed E-state index contributed by atoms with van der Waals surface area (Å²) in [4.78, 5) is 27.6. The summed E-state index contributed by atoms with van der Waals surface area (Å²) in [5.41, 5.74) is 0.556. The average Bonchev–Trinajstić information content (AvgIpc) is 2.40. The minimum absolute atomic E-state index is 0.251. The second-order valence-corrected chi connectivity index (χ2v) is 3.98. The first-order chi connectivity index (χ1) is 8.72. The largest absolute Gasteiger partial charge is 0.330 e. The van der Waals surface area contributed by atoms with Gasteiger partial charge in [-0.2, -0.15) is 0 Å². The molecule has 2 heterocycles. The molecule has 5 nitrogen and oxygen atoms in total. The maximum absolute atomic E-state index is 12.0. The van der Waals surface area contributed by atoms with Crippen LogP contribution in [0, 0.1) is 0 Å². The Kier molecular flexibility index (Phi) is 3.72. The second kappa shape index (κ2) is 5.44. The molecule has 18 heavy (non-hydrogen) atoms. The lowest BCUT2D eigenvalue weighted by Crippen LogP contribution is -2.39. The fraction of sp³-hybridized carbons (Fsp3) is 0.308.